The van der Waals surface area contributed by atoms with Gasteiger partial charge in [0.2, 0.25) is 0 Å². The highest BCUT2D eigenvalue weighted by Crippen LogP contribution is 2.29. The third kappa shape index (κ3) is 4.40. The van der Waals surface area contributed by atoms with Crippen LogP contribution in [0.2, 0.25) is 0 Å². The fourth-order valence-electron chi connectivity index (χ4n) is 3.04. The van der Waals surface area contributed by atoms with E-state index < -0.39 is 17.8 Å². The Hall–Kier alpha value is -2.93. The molecule has 0 unspecified atom stereocenters. The second kappa shape index (κ2) is 9.05. The van der Waals surface area contributed by atoms with Gasteiger partial charge in [-0.25, -0.2) is 9.69 Å². The molecular weight excluding hydrogens is 436 g/mol. The lowest BCUT2D eigenvalue weighted by Gasteiger charge is -2.28. The van der Waals surface area contributed by atoms with Crippen LogP contribution in [0.3, 0.4) is 0 Å². The van der Waals surface area contributed by atoms with Crippen molar-refractivity contribution in [3.63, 3.8) is 0 Å². The van der Waals surface area contributed by atoms with E-state index in [0.29, 0.717) is 30.0 Å². The number of amides is 4. The van der Waals surface area contributed by atoms with E-state index >= 15 is 0 Å². The van der Waals surface area contributed by atoms with Crippen LogP contribution in [-0.2, 0) is 16.0 Å². The molecule has 29 heavy (non-hydrogen) atoms. The van der Waals surface area contributed by atoms with Gasteiger partial charge in [0.25, 0.3) is 11.8 Å². The Morgan fingerprint density at radius 3 is 2.59 bits per heavy atom. The van der Waals surface area contributed by atoms with Crippen molar-refractivity contribution in [2.75, 3.05) is 11.5 Å². The highest BCUT2D eigenvalue weighted by molar-refractivity contribution is 9.10. The number of aryl methyl sites for hydroxylation is 1. The van der Waals surface area contributed by atoms with Crippen LogP contribution in [0.5, 0.6) is 5.75 Å². The van der Waals surface area contributed by atoms with Crippen molar-refractivity contribution < 1.29 is 19.1 Å². The van der Waals surface area contributed by atoms with E-state index in [9.17, 15) is 14.4 Å². The Kier molecular flexibility index (Phi) is 6.49. The average molecular weight is 457 g/mol. The lowest BCUT2D eigenvalue weighted by molar-refractivity contribution is -0.122. The fourth-order valence-corrected chi connectivity index (χ4v) is 3.41. The number of anilines is 1. The number of carbonyl (C=O) groups is 3. The molecule has 6 nitrogen and oxygen atoms in total. The summed E-state index contributed by atoms with van der Waals surface area (Å²) in [5.41, 5.74) is 1.74. The first kappa shape index (κ1) is 20.8. The molecule has 0 atom stereocenters. The summed E-state index contributed by atoms with van der Waals surface area (Å²) in [7, 11) is 0. The van der Waals surface area contributed by atoms with Gasteiger partial charge in [-0.15, -0.1) is 0 Å². The summed E-state index contributed by atoms with van der Waals surface area (Å²) in [4.78, 5) is 39.1. The van der Waals surface area contributed by atoms with Gasteiger partial charge < -0.3 is 4.74 Å². The summed E-state index contributed by atoms with van der Waals surface area (Å²) in [6.45, 7) is 4.43. The first-order valence-corrected chi connectivity index (χ1v) is 10.2. The van der Waals surface area contributed by atoms with Crippen LogP contribution in [0.15, 0.2) is 52.5 Å². The Labute approximate surface area is 177 Å². The zero-order chi connectivity index (χ0) is 21.0. The van der Waals surface area contributed by atoms with Gasteiger partial charge in [-0.2, -0.15) is 0 Å². The summed E-state index contributed by atoms with van der Waals surface area (Å²) >= 11 is 3.40. The molecule has 0 aliphatic carbocycles. The van der Waals surface area contributed by atoms with E-state index in [4.69, 9.17) is 4.74 Å². The molecule has 1 aliphatic heterocycles. The molecule has 1 N–H and O–H groups in total. The number of benzene rings is 2. The zero-order valence-corrected chi connectivity index (χ0v) is 17.8. The quantitative estimate of drug-likeness (QED) is 0.513. The number of urea groups is 1. The topological polar surface area (TPSA) is 75.7 Å². The first-order chi connectivity index (χ1) is 14.0. The molecule has 0 bridgehead atoms. The SMILES string of the molecule is CCCOc1ccc(Br)cc1/C=C1/C(=O)NC(=O)N(c2ccccc2CC)C1=O. The van der Waals surface area contributed by atoms with Crippen LogP contribution < -0.4 is 15.0 Å². The Morgan fingerprint density at radius 2 is 1.86 bits per heavy atom. The average Bonchev–Trinajstić information content (AvgIpc) is 2.70. The number of hydrogen-bond acceptors (Lipinski definition) is 4. The van der Waals surface area contributed by atoms with E-state index in [1.807, 2.05) is 32.0 Å². The lowest BCUT2D eigenvalue weighted by Crippen LogP contribution is -2.54. The number of para-hydroxylation sites is 1. The standard InChI is InChI=1S/C22H21BrN2O4/c1-3-11-29-19-10-9-16(23)12-15(19)13-17-20(26)24-22(28)25(21(17)27)18-8-6-5-7-14(18)4-2/h5-10,12-13H,3-4,11H2,1-2H3,(H,24,26,28)/b17-13-. The number of nitrogens with zero attached hydrogens (tertiary/aromatic N) is 1. The van der Waals surface area contributed by atoms with Gasteiger partial charge in [0, 0.05) is 10.0 Å². The normalized spacial score (nSPS) is 15.6. The van der Waals surface area contributed by atoms with E-state index in [2.05, 4.69) is 21.2 Å². The minimum atomic E-state index is -0.755. The molecular formula is C22H21BrN2O4. The Bertz CT molecular complexity index is 1000. The summed E-state index contributed by atoms with van der Waals surface area (Å²) in [5.74, 6) is -0.840. The molecule has 0 aromatic heterocycles. The molecule has 1 aliphatic rings. The molecule has 0 spiro atoms. The predicted molar refractivity (Wildman–Crippen MR) is 115 cm³/mol. The van der Waals surface area contributed by atoms with Gasteiger partial charge in [0.15, 0.2) is 0 Å². The third-order valence-electron chi connectivity index (χ3n) is 4.45. The second-order valence-corrected chi connectivity index (χ2v) is 7.39. The van der Waals surface area contributed by atoms with Gasteiger partial charge >= 0.3 is 6.03 Å². The second-order valence-electron chi connectivity index (χ2n) is 6.47. The number of barbiturate groups is 1. The summed E-state index contributed by atoms with van der Waals surface area (Å²) < 4.78 is 6.51. The molecule has 150 valence electrons. The Morgan fingerprint density at radius 1 is 1.10 bits per heavy atom. The number of halogens is 1. The monoisotopic (exact) mass is 456 g/mol. The number of nitrogens with one attached hydrogen (secondary N) is 1. The van der Waals surface area contributed by atoms with Crippen molar-refractivity contribution in [3.8, 4) is 5.75 Å². The van der Waals surface area contributed by atoms with Gasteiger partial charge in [0.1, 0.15) is 11.3 Å². The number of hydrogen-bond donors (Lipinski definition) is 1. The minimum absolute atomic E-state index is 0.130. The smallest absolute Gasteiger partial charge is 0.335 e. The van der Waals surface area contributed by atoms with Crippen LogP contribution in [0.25, 0.3) is 6.08 Å². The van der Waals surface area contributed by atoms with Crippen molar-refractivity contribution in [1.29, 1.82) is 0 Å². The van der Waals surface area contributed by atoms with Gasteiger partial charge in [-0.05, 0) is 48.7 Å². The van der Waals surface area contributed by atoms with Crippen LogP contribution in [-0.4, -0.2) is 24.5 Å². The van der Waals surface area contributed by atoms with Crippen LogP contribution in [0.1, 0.15) is 31.4 Å². The number of ether oxygens (including phenoxy) is 1. The van der Waals surface area contributed by atoms with E-state index in [0.717, 1.165) is 21.4 Å². The summed E-state index contributed by atoms with van der Waals surface area (Å²) in [5, 5.41) is 2.26. The number of imide groups is 2. The molecule has 1 fully saturated rings. The lowest BCUT2D eigenvalue weighted by atomic mass is 10.0. The zero-order valence-electron chi connectivity index (χ0n) is 16.2. The predicted octanol–water partition coefficient (Wildman–Crippen LogP) is 4.47. The van der Waals surface area contributed by atoms with Crippen LogP contribution in [0.4, 0.5) is 10.5 Å². The van der Waals surface area contributed by atoms with Crippen LogP contribution >= 0.6 is 15.9 Å². The molecule has 2 aromatic carbocycles. The van der Waals surface area contributed by atoms with Crippen molar-refractivity contribution in [2.24, 2.45) is 0 Å². The maximum Gasteiger partial charge on any atom is 0.335 e. The summed E-state index contributed by atoms with van der Waals surface area (Å²) in [6.07, 6.45) is 2.92. The maximum absolute atomic E-state index is 13.2. The molecule has 0 radical (unpaired) electrons. The summed E-state index contributed by atoms with van der Waals surface area (Å²) in [6, 6.07) is 11.7. The minimum Gasteiger partial charge on any atom is -0.493 e. The Balaban J connectivity index is 2.06. The van der Waals surface area contributed by atoms with E-state index in [1.54, 1.807) is 24.3 Å². The van der Waals surface area contributed by atoms with Crippen molar-refractivity contribution >= 4 is 45.5 Å². The molecule has 0 saturated carbocycles. The van der Waals surface area contributed by atoms with Gasteiger partial charge in [0.05, 0.1) is 12.3 Å². The highest BCUT2D eigenvalue weighted by Gasteiger charge is 2.37. The van der Waals surface area contributed by atoms with Crippen molar-refractivity contribution in [3.05, 3.63) is 63.6 Å². The molecule has 4 amide bonds. The van der Waals surface area contributed by atoms with Crippen molar-refractivity contribution in [1.82, 2.24) is 5.32 Å². The fraction of sp³-hybridized carbons (Fsp3) is 0.227. The van der Waals surface area contributed by atoms with Crippen molar-refractivity contribution in [2.45, 2.75) is 26.7 Å². The third-order valence-corrected chi connectivity index (χ3v) is 4.94. The highest BCUT2D eigenvalue weighted by atomic mass is 79.9. The van der Waals surface area contributed by atoms with Crippen LogP contribution in [0, 0.1) is 0 Å². The number of rotatable bonds is 6. The first-order valence-electron chi connectivity index (χ1n) is 9.38. The van der Waals surface area contributed by atoms with Gasteiger partial charge in [-0.3, -0.25) is 14.9 Å². The molecule has 7 heteroatoms. The van der Waals surface area contributed by atoms with E-state index in [-0.39, 0.29) is 5.57 Å². The van der Waals surface area contributed by atoms with E-state index in [1.165, 1.54) is 6.08 Å². The molecule has 2 aromatic rings. The largest absolute Gasteiger partial charge is 0.493 e. The molecule has 1 heterocycles. The molecule has 3 rings (SSSR count). The number of carbonyl (C=O) groups excluding carboxylic acids is 3. The van der Waals surface area contributed by atoms with Gasteiger partial charge in [-0.1, -0.05) is 48.0 Å². The molecule has 1 saturated heterocycles. The maximum atomic E-state index is 13.2.